The molecule has 0 saturated carbocycles. The highest BCUT2D eigenvalue weighted by molar-refractivity contribution is 5.36. The first-order valence-corrected chi connectivity index (χ1v) is 6.62. The van der Waals surface area contributed by atoms with E-state index in [1.165, 1.54) is 11.1 Å². The van der Waals surface area contributed by atoms with E-state index in [0.29, 0.717) is 5.92 Å². The van der Waals surface area contributed by atoms with Gasteiger partial charge in [0.15, 0.2) is 0 Å². The smallest absolute Gasteiger partial charge is 0.121 e. The maximum absolute atomic E-state index is 5.74. The molecule has 1 aromatic carbocycles. The predicted octanol–water partition coefficient (Wildman–Crippen LogP) is 2.42. The van der Waals surface area contributed by atoms with Gasteiger partial charge in [0.25, 0.3) is 0 Å². The van der Waals surface area contributed by atoms with E-state index >= 15 is 0 Å². The summed E-state index contributed by atoms with van der Waals surface area (Å²) in [6.07, 6.45) is 1.14. The van der Waals surface area contributed by atoms with Crippen molar-refractivity contribution in [2.75, 3.05) is 27.2 Å². The summed E-state index contributed by atoms with van der Waals surface area (Å²) in [7, 11) is 3.86. The third kappa shape index (κ3) is 4.31. The standard InChI is InChI=1S/C15H26N2O/c1-5-13(9-16)10-17(3)11-14-6-7-15(18-4)12(2)8-14/h6-8,13H,5,9-11,16H2,1-4H3. The summed E-state index contributed by atoms with van der Waals surface area (Å²) in [6, 6.07) is 6.36. The number of ether oxygens (including phenoxy) is 1. The highest BCUT2D eigenvalue weighted by Gasteiger charge is 2.09. The molecular formula is C15H26N2O. The number of hydrogen-bond acceptors (Lipinski definition) is 3. The van der Waals surface area contributed by atoms with Gasteiger partial charge in [-0.3, -0.25) is 0 Å². The molecular weight excluding hydrogens is 224 g/mol. The first kappa shape index (κ1) is 15.0. The highest BCUT2D eigenvalue weighted by Crippen LogP contribution is 2.19. The Balaban J connectivity index is 2.59. The third-order valence-corrected chi connectivity index (χ3v) is 3.39. The monoisotopic (exact) mass is 250 g/mol. The number of rotatable bonds is 7. The van der Waals surface area contributed by atoms with Gasteiger partial charge in [0, 0.05) is 13.1 Å². The van der Waals surface area contributed by atoms with Gasteiger partial charge in [-0.1, -0.05) is 25.5 Å². The Bertz CT molecular complexity index is 362. The summed E-state index contributed by atoms with van der Waals surface area (Å²) in [5, 5.41) is 0. The van der Waals surface area contributed by atoms with E-state index in [1.807, 2.05) is 6.07 Å². The van der Waals surface area contributed by atoms with Crippen LogP contribution in [0.25, 0.3) is 0 Å². The molecule has 3 nitrogen and oxygen atoms in total. The van der Waals surface area contributed by atoms with Crippen LogP contribution in [0.4, 0.5) is 0 Å². The lowest BCUT2D eigenvalue weighted by molar-refractivity contribution is 0.267. The minimum absolute atomic E-state index is 0.592. The molecule has 0 bridgehead atoms. The van der Waals surface area contributed by atoms with Gasteiger partial charge in [-0.25, -0.2) is 0 Å². The maximum atomic E-state index is 5.74. The largest absolute Gasteiger partial charge is 0.496 e. The van der Waals surface area contributed by atoms with Crippen LogP contribution in [0.15, 0.2) is 18.2 Å². The predicted molar refractivity (Wildman–Crippen MR) is 76.9 cm³/mol. The first-order chi connectivity index (χ1) is 8.60. The summed E-state index contributed by atoms with van der Waals surface area (Å²) in [6.45, 7) is 7.06. The highest BCUT2D eigenvalue weighted by atomic mass is 16.5. The molecule has 1 unspecified atom stereocenters. The Morgan fingerprint density at radius 1 is 1.39 bits per heavy atom. The van der Waals surface area contributed by atoms with E-state index in [1.54, 1.807) is 7.11 Å². The second-order valence-corrected chi connectivity index (χ2v) is 5.01. The van der Waals surface area contributed by atoms with Crippen molar-refractivity contribution in [3.05, 3.63) is 29.3 Å². The molecule has 0 heterocycles. The minimum Gasteiger partial charge on any atom is -0.496 e. The second kappa shape index (κ2) is 7.39. The lowest BCUT2D eigenvalue weighted by atomic mass is 10.1. The van der Waals surface area contributed by atoms with E-state index < -0.39 is 0 Å². The number of aryl methyl sites for hydroxylation is 1. The van der Waals surface area contributed by atoms with Crippen molar-refractivity contribution in [1.29, 1.82) is 0 Å². The summed E-state index contributed by atoms with van der Waals surface area (Å²) in [5.74, 6) is 1.55. The van der Waals surface area contributed by atoms with Crippen LogP contribution in [0.5, 0.6) is 5.75 Å². The van der Waals surface area contributed by atoms with Crippen molar-refractivity contribution in [3.63, 3.8) is 0 Å². The Kier molecular flexibility index (Phi) is 6.16. The van der Waals surface area contributed by atoms with E-state index in [0.717, 1.165) is 31.8 Å². The van der Waals surface area contributed by atoms with E-state index in [9.17, 15) is 0 Å². The second-order valence-electron chi connectivity index (χ2n) is 5.01. The average Bonchev–Trinajstić information content (AvgIpc) is 2.36. The molecule has 1 aromatic rings. The SMILES string of the molecule is CCC(CN)CN(C)Cc1ccc(OC)c(C)c1. The van der Waals surface area contributed by atoms with Crippen LogP contribution in [0.2, 0.25) is 0 Å². The zero-order valence-electron chi connectivity index (χ0n) is 12.1. The maximum Gasteiger partial charge on any atom is 0.121 e. The van der Waals surface area contributed by atoms with Gasteiger partial charge in [-0.2, -0.15) is 0 Å². The molecule has 102 valence electrons. The topological polar surface area (TPSA) is 38.5 Å². The minimum atomic E-state index is 0.592. The average molecular weight is 250 g/mol. The molecule has 1 rings (SSSR count). The van der Waals surface area contributed by atoms with Gasteiger partial charge in [0.2, 0.25) is 0 Å². The first-order valence-electron chi connectivity index (χ1n) is 6.62. The van der Waals surface area contributed by atoms with Crippen molar-refractivity contribution in [3.8, 4) is 5.75 Å². The summed E-state index contributed by atoms with van der Waals surface area (Å²) >= 11 is 0. The van der Waals surface area contributed by atoms with Gasteiger partial charge in [-0.15, -0.1) is 0 Å². The van der Waals surface area contributed by atoms with Crippen LogP contribution >= 0.6 is 0 Å². The normalized spacial score (nSPS) is 12.8. The Hall–Kier alpha value is -1.06. The molecule has 0 aliphatic rings. The van der Waals surface area contributed by atoms with E-state index in [2.05, 4.69) is 37.9 Å². The Morgan fingerprint density at radius 3 is 2.61 bits per heavy atom. The molecule has 0 aliphatic carbocycles. The van der Waals surface area contributed by atoms with Crippen molar-refractivity contribution in [2.45, 2.75) is 26.8 Å². The van der Waals surface area contributed by atoms with Crippen molar-refractivity contribution >= 4 is 0 Å². The molecule has 0 aromatic heterocycles. The fourth-order valence-corrected chi connectivity index (χ4v) is 2.23. The van der Waals surface area contributed by atoms with Gasteiger partial charge < -0.3 is 15.4 Å². The number of hydrogen-bond donors (Lipinski definition) is 1. The molecule has 0 radical (unpaired) electrons. The van der Waals surface area contributed by atoms with E-state index in [-0.39, 0.29) is 0 Å². The molecule has 0 aliphatic heterocycles. The molecule has 2 N–H and O–H groups in total. The van der Waals surface area contributed by atoms with Crippen LogP contribution < -0.4 is 10.5 Å². The Morgan fingerprint density at radius 2 is 2.11 bits per heavy atom. The van der Waals surface area contributed by atoms with Crippen LogP contribution in [-0.2, 0) is 6.54 Å². The van der Waals surface area contributed by atoms with Crippen molar-refractivity contribution in [1.82, 2.24) is 4.90 Å². The van der Waals surface area contributed by atoms with Crippen molar-refractivity contribution < 1.29 is 4.74 Å². The lowest BCUT2D eigenvalue weighted by Gasteiger charge is -2.22. The van der Waals surface area contributed by atoms with Crippen LogP contribution in [0, 0.1) is 12.8 Å². The quantitative estimate of drug-likeness (QED) is 0.807. The lowest BCUT2D eigenvalue weighted by Crippen LogP contribution is -2.29. The van der Waals surface area contributed by atoms with Gasteiger partial charge in [0.05, 0.1) is 7.11 Å². The van der Waals surface area contributed by atoms with Gasteiger partial charge >= 0.3 is 0 Å². The fraction of sp³-hybridized carbons (Fsp3) is 0.600. The molecule has 1 atom stereocenters. The number of nitrogens with zero attached hydrogens (tertiary/aromatic N) is 1. The summed E-state index contributed by atoms with van der Waals surface area (Å²) in [5.41, 5.74) is 8.25. The molecule has 0 amide bonds. The van der Waals surface area contributed by atoms with Crippen LogP contribution in [0.1, 0.15) is 24.5 Å². The molecule has 0 spiro atoms. The number of benzene rings is 1. The summed E-state index contributed by atoms with van der Waals surface area (Å²) in [4.78, 5) is 2.34. The fourth-order valence-electron chi connectivity index (χ4n) is 2.23. The van der Waals surface area contributed by atoms with Gasteiger partial charge in [-0.05, 0) is 43.6 Å². The number of nitrogens with two attached hydrogens (primary N) is 1. The summed E-state index contributed by atoms with van der Waals surface area (Å²) < 4.78 is 5.27. The molecule has 0 fully saturated rings. The molecule has 18 heavy (non-hydrogen) atoms. The van der Waals surface area contributed by atoms with E-state index in [4.69, 9.17) is 10.5 Å². The molecule has 0 saturated heterocycles. The zero-order chi connectivity index (χ0) is 13.5. The number of methoxy groups -OCH3 is 1. The zero-order valence-corrected chi connectivity index (χ0v) is 12.1. The van der Waals surface area contributed by atoms with Crippen molar-refractivity contribution in [2.24, 2.45) is 11.7 Å². The third-order valence-electron chi connectivity index (χ3n) is 3.39. The van der Waals surface area contributed by atoms with Crippen LogP contribution in [-0.4, -0.2) is 32.1 Å². The Labute approximate surface area is 111 Å². The molecule has 3 heteroatoms. The van der Waals surface area contributed by atoms with Crippen LogP contribution in [0.3, 0.4) is 0 Å². The van der Waals surface area contributed by atoms with Gasteiger partial charge in [0.1, 0.15) is 5.75 Å².